The normalized spacial score (nSPS) is 17.6. The van der Waals surface area contributed by atoms with Gasteiger partial charge in [0.15, 0.2) is 0 Å². The minimum absolute atomic E-state index is 0.464. The number of ether oxygens (including phenoxy) is 1. The summed E-state index contributed by atoms with van der Waals surface area (Å²) in [6, 6.07) is 6.28. The van der Waals surface area contributed by atoms with Crippen LogP contribution in [0, 0.1) is 13.8 Å². The van der Waals surface area contributed by atoms with Crippen molar-refractivity contribution in [1.29, 1.82) is 0 Å². The summed E-state index contributed by atoms with van der Waals surface area (Å²) in [5.41, 5.74) is 1.93. The first-order valence-corrected chi connectivity index (χ1v) is 7.59. The van der Waals surface area contributed by atoms with Gasteiger partial charge in [-0.2, -0.15) is 0 Å². The van der Waals surface area contributed by atoms with Gasteiger partial charge in [0.2, 0.25) is 0 Å². The van der Waals surface area contributed by atoms with E-state index in [0.717, 1.165) is 44.5 Å². The molecule has 1 saturated carbocycles. The Morgan fingerprint density at radius 1 is 1.25 bits per heavy atom. The SMILES string of the molecule is Cc1ccc(C)c(OCCN(C)CC2(O)CCCC2)c1. The van der Waals surface area contributed by atoms with Crippen LogP contribution in [-0.2, 0) is 0 Å². The third-order valence-corrected chi connectivity index (χ3v) is 4.17. The monoisotopic (exact) mass is 277 g/mol. The van der Waals surface area contributed by atoms with E-state index in [9.17, 15) is 5.11 Å². The molecule has 0 radical (unpaired) electrons. The molecule has 20 heavy (non-hydrogen) atoms. The highest BCUT2D eigenvalue weighted by Gasteiger charge is 2.31. The van der Waals surface area contributed by atoms with Crippen molar-refractivity contribution in [3.05, 3.63) is 29.3 Å². The standard InChI is InChI=1S/C17H27NO2/c1-14-6-7-15(2)16(12-14)20-11-10-18(3)13-17(19)8-4-5-9-17/h6-7,12,19H,4-5,8-11,13H2,1-3H3. The minimum Gasteiger partial charge on any atom is -0.492 e. The van der Waals surface area contributed by atoms with Crippen molar-refractivity contribution >= 4 is 0 Å². The lowest BCUT2D eigenvalue weighted by atomic mass is 10.0. The van der Waals surface area contributed by atoms with E-state index < -0.39 is 5.60 Å². The highest BCUT2D eigenvalue weighted by molar-refractivity contribution is 5.35. The van der Waals surface area contributed by atoms with Crippen LogP contribution in [0.1, 0.15) is 36.8 Å². The van der Waals surface area contributed by atoms with Gasteiger partial charge in [0.05, 0.1) is 5.60 Å². The van der Waals surface area contributed by atoms with E-state index in [1.165, 1.54) is 11.1 Å². The number of nitrogens with zero attached hydrogens (tertiary/aromatic N) is 1. The number of hydrogen-bond acceptors (Lipinski definition) is 3. The molecule has 0 amide bonds. The second kappa shape index (κ2) is 6.59. The molecule has 1 fully saturated rings. The van der Waals surface area contributed by atoms with Gasteiger partial charge in [-0.25, -0.2) is 0 Å². The van der Waals surface area contributed by atoms with Crippen LogP contribution in [0.25, 0.3) is 0 Å². The van der Waals surface area contributed by atoms with Crippen LogP contribution in [0.15, 0.2) is 18.2 Å². The largest absolute Gasteiger partial charge is 0.492 e. The first-order chi connectivity index (χ1) is 9.48. The van der Waals surface area contributed by atoms with E-state index in [1.807, 2.05) is 0 Å². The van der Waals surface area contributed by atoms with Crippen molar-refractivity contribution in [1.82, 2.24) is 4.90 Å². The molecule has 0 aromatic heterocycles. The third kappa shape index (κ3) is 4.22. The number of aliphatic hydroxyl groups is 1. The Labute approximate surface area is 122 Å². The molecule has 3 heteroatoms. The van der Waals surface area contributed by atoms with Crippen molar-refractivity contribution in [3.63, 3.8) is 0 Å². The number of aryl methyl sites for hydroxylation is 2. The first kappa shape index (κ1) is 15.3. The molecule has 1 N–H and O–H groups in total. The van der Waals surface area contributed by atoms with E-state index in [4.69, 9.17) is 4.74 Å². The third-order valence-electron chi connectivity index (χ3n) is 4.17. The van der Waals surface area contributed by atoms with E-state index in [-0.39, 0.29) is 0 Å². The predicted molar refractivity (Wildman–Crippen MR) is 82.3 cm³/mol. The first-order valence-electron chi connectivity index (χ1n) is 7.59. The van der Waals surface area contributed by atoms with Crippen LogP contribution in [-0.4, -0.2) is 42.4 Å². The average molecular weight is 277 g/mol. The Morgan fingerprint density at radius 3 is 2.65 bits per heavy atom. The maximum Gasteiger partial charge on any atom is 0.122 e. The molecule has 0 spiro atoms. The summed E-state index contributed by atoms with van der Waals surface area (Å²) in [5, 5.41) is 10.4. The fourth-order valence-electron chi connectivity index (χ4n) is 2.95. The Bertz CT molecular complexity index is 439. The fraction of sp³-hybridized carbons (Fsp3) is 0.647. The second-order valence-electron chi connectivity index (χ2n) is 6.29. The summed E-state index contributed by atoms with van der Waals surface area (Å²) in [6.45, 7) is 6.41. The molecule has 0 saturated heterocycles. The van der Waals surface area contributed by atoms with Gasteiger partial charge in [-0.15, -0.1) is 0 Å². The van der Waals surface area contributed by atoms with Gasteiger partial charge >= 0.3 is 0 Å². The van der Waals surface area contributed by atoms with Gasteiger partial charge in [0.25, 0.3) is 0 Å². The Morgan fingerprint density at radius 2 is 1.95 bits per heavy atom. The summed E-state index contributed by atoms with van der Waals surface area (Å²) in [4.78, 5) is 2.18. The maximum absolute atomic E-state index is 10.4. The molecular formula is C17H27NO2. The summed E-state index contributed by atoms with van der Waals surface area (Å²) >= 11 is 0. The number of hydrogen-bond donors (Lipinski definition) is 1. The molecule has 112 valence electrons. The van der Waals surface area contributed by atoms with Gasteiger partial charge in [-0.05, 0) is 50.9 Å². The zero-order valence-electron chi connectivity index (χ0n) is 13.0. The lowest BCUT2D eigenvalue weighted by Crippen LogP contribution is -2.40. The molecule has 1 aliphatic rings. The van der Waals surface area contributed by atoms with Crippen molar-refractivity contribution in [3.8, 4) is 5.75 Å². The molecule has 0 heterocycles. The van der Waals surface area contributed by atoms with Gasteiger partial charge in [-0.1, -0.05) is 25.0 Å². The van der Waals surface area contributed by atoms with Crippen molar-refractivity contribution in [2.24, 2.45) is 0 Å². The summed E-state index contributed by atoms with van der Waals surface area (Å²) in [5.74, 6) is 0.970. The second-order valence-corrected chi connectivity index (χ2v) is 6.29. The van der Waals surface area contributed by atoms with Crippen molar-refractivity contribution in [2.45, 2.75) is 45.1 Å². The lowest BCUT2D eigenvalue weighted by molar-refractivity contribution is 0.0138. The zero-order valence-corrected chi connectivity index (χ0v) is 13.0. The molecular weight excluding hydrogens is 250 g/mol. The molecule has 0 bridgehead atoms. The van der Waals surface area contributed by atoms with Gasteiger partial charge < -0.3 is 14.7 Å². The Balaban J connectivity index is 1.76. The molecule has 1 aromatic carbocycles. The highest BCUT2D eigenvalue weighted by atomic mass is 16.5. The number of rotatable bonds is 6. The molecule has 1 aliphatic carbocycles. The molecule has 0 unspecified atom stereocenters. The summed E-state index contributed by atoms with van der Waals surface area (Å²) in [7, 11) is 2.06. The quantitative estimate of drug-likeness (QED) is 0.868. The van der Waals surface area contributed by atoms with Crippen LogP contribution in [0.3, 0.4) is 0 Å². The van der Waals surface area contributed by atoms with Crippen LogP contribution in [0.4, 0.5) is 0 Å². The Hall–Kier alpha value is -1.06. The number of benzene rings is 1. The Kier molecular flexibility index (Phi) is 5.06. The number of likely N-dealkylation sites (N-methyl/N-ethyl adjacent to an activating group) is 1. The van der Waals surface area contributed by atoms with E-state index >= 15 is 0 Å². The lowest BCUT2D eigenvalue weighted by Gasteiger charge is -2.28. The summed E-state index contributed by atoms with van der Waals surface area (Å²) in [6.07, 6.45) is 4.19. The van der Waals surface area contributed by atoms with Crippen molar-refractivity contribution in [2.75, 3.05) is 26.7 Å². The topological polar surface area (TPSA) is 32.7 Å². The highest BCUT2D eigenvalue weighted by Crippen LogP contribution is 2.29. The minimum atomic E-state index is -0.464. The van der Waals surface area contributed by atoms with Crippen LogP contribution in [0.2, 0.25) is 0 Å². The molecule has 0 atom stereocenters. The maximum atomic E-state index is 10.4. The smallest absolute Gasteiger partial charge is 0.122 e. The fourth-order valence-corrected chi connectivity index (χ4v) is 2.95. The van der Waals surface area contributed by atoms with E-state index in [1.54, 1.807) is 0 Å². The molecule has 1 aromatic rings. The van der Waals surface area contributed by atoms with E-state index in [0.29, 0.717) is 6.61 Å². The van der Waals surface area contributed by atoms with Crippen LogP contribution in [0.5, 0.6) is 5.75 Å². The van der Waals surface area contributed by atoms with Gasteiger partial charge in [0, 0.05) is 13.1 Å². The molecule has 3 nitrogen and oxygen atoms in total. The van der Waals surface area contributed by atoms with Crippen molar-refractivity contribution < 1.29 is 9.84 Å². The average Bonchev–Trinajstić information content (AvgIpc) is 2.80. The summed E-state index contributed by atoms with van der Waals surface area (Å²) < 4.78 is 5.86. The molecule has 0 aliphatic heterocycles. The van der Waals surface area contributed by atoms with Crippen LogP contribution >= 0.6 is 0 Å². The predicted octanol–water partition coefficient (Wildman–Crippen LogP) is 2.92. The van der Waals surface area contributed by atoms with E-state index in [2.05, 4.69) is 44.0 Å². The van der Waals surface area contributed by atoms with Gasteiger partial charge in [-0.3, -0.25) is 0 Å². The van der Waals surface area contributed by atoms with Crippen LogP contribution < -0.4 is 4.74 Å². The zero-order chi connectivity index (χ0) is 14.6. The van der Waals surface area contributed by atoms with Gasteiger partial charge in [0.1, 0.15) is 12.4 Å². The molecule has 2 rings (SSSR count).